The Bertz CT molecular complexity index is 1080. The van der Waals surface area contributed by atoms with Crippen LogP contribution in [0.1, 0.15) is 63.0 Å². The van der Waals surface area contributed by atoms with Gasteiger partial charge in [0.1, 0.15) is 11.6 Å². The van der Waals surface area contributed by atoms with E-state index in [1.165, 1.54) is 12.1 Å². The molecule has 1 heterocycles. The number of hydrogen-bond donors (Lipinski definition) is 1. The van der Waals surface area contributed by atoms with Gasteiger partial charge in [0.2, 0.25) is 0 Å². The zero-order valence-corrected chi connectivity index (χ0v) is 23.0. The van der Waals surface area contributed by atoms with Gasteiger partial charge in [-0.1, -0.05) is 75.6 Å². The molecular formula is C33H43FN2O2. The lowest BCUT2D eigenvalue weighted by atomic mass is 9.74. The second-order valence-electron chi connectivity index (χ2n) is 10.5. The van der Waals surface area contributed by atoms with E-state index in [1.54, 1.807) is 0 Å². The lowest BCUT2D eigenvalue weighted by Gasteiger charge is -2.43. The fourth-order valence-corrected chi connectivity index (χ4v) is 5.46. The van der Waals surface area contributed by atoms with Crippen LogP contribution in [-0.4, -0.2) is 49.3 Å². The predicted molar refractivity (Wildman–Crippen MR) is 155 cm³/mol. The normalized spacial score (nSPS) is 16.7. The Morgan fingerprint density at radius 1 is 0.842 bits per heavy atom. The highest BCUT2D eigenvalue weighted by Crippen LogP contribution is 2.42. The summed E-state index contributed by atoms with van der Waals surface area (Å²) in [5.74, 6) is 0.581. The van der Waals surface area contributed by atoms with Gasteiger partial charge in [0.25, 0.3) is 0 Å². The number of anilines is 1. The van der Waals surface area contributed by atoms with Gasteiger partial charge >= 0.3 is 0 Å². The maximum Gasteiger partial charge on any atom is 0.123 e. The molecule has 5 heteroatoms. The monoisotopic (exact) mass is 518 g/mol. The molecule has 0 saturated carbocycles. The number of aliphatic hydroxyl groups is 1. The minimum Gasteiger partial charge on any atom is -0.494 e. The van der Waals surface area contributed by atoms with Gasteiger partial charge < -0.3 is 14.7 Å². The Balaban J connectivity index is 1.55. The number of nitrogens with zero attached hydrogens (tertiary/aromatic N) is 2. The van der Waals surface area contributed by atoms with E-state index in [0.717, 1.165) is 81.0 Å². The number of benzene rings is 3. The van der Waals surface area contributed by atoms with Gasteiger partial charge in [0, 0.05) is 44.3 Å². The summed E-state index contributed by atoms with van der Waals surface area (Å²) < 4.78 is 19.3. The van der Waals surface area contributed by atoms with Crippen molar-refractivity contribution in [2.24, 2.45) is 0 Å². The van der Waals surface area contributed by atoms with E-state index in [2.05, 4.69) is 60.0 Å². The summed E-state index contributed by atoms with van der Waals surface area (Å²) in [6.45, 7) is 9.38. The van der Waals surface area contributed by atoms with Crippen LogP contribution >= 0.6 is 0 Å². The first kappa shape index (κ1) is 28.1. The lowest BCUT2D eigenvalue weighted by Crippen LogP contribution is -2.50. The molecule has 38 heavy (non-hydrogen) atoms. The molecule has 0 amide bonds. The molecule has 1 aliphatic rings. The van der Waals surface area contributed by atoms with Crippen molar-refractivity contribution in [3.63, 3.8) is 0 Å². The van der Waals surface area contributed by atoms with Crippen molar-refractivity contribution in [1.82, 2.24) is 4.90 Å². The van der Waals surface area contributed by atoms with Crippen molar-refractivity contribution < 1.29 is 14.2 Å². The summed E-state index contributed by atoms with van der Waals surface area (Å²) in [4.78, 5) is 4.78. The molecule has 1 fully saturated rings. The Hall–Kier alpha value is -2.89. The van der Waals surface area contributed by atoms with Crippen molar-refractivity contribution in [2.45, 2.75) is 57.5 Å². The predicted octanol–water partition coefficient (Wildman–Crippen LogP) is 6.99. The van der Waals surface area contributed by atoms with E-state index < -0.39 is 5.60 Å². The fraction of sp³-hybridized carbons (Fsp3) is 0.455. The molecule has 1 saturated heterocycles. The third kappa shape index (κ3) is 7.15. The Kier molecular flexibility index (Phi) is 10.2. The van der Waals surface area contributed by atoms with Crippen LogP contribution in [0.2, 0.25) is 0 Å². The summed E-state index contributed by atoms with van der Waals surface area (Å²) >= 11 is 0. The third-order valence-electron chi connectivity index (χ3n) is 7.82. The van der Waals surface area contributed by atoms with E-state index in [4.69, 9.17) is 4.74 Å². The largest absolute Gasteiger partial charge is 0.494 e. The van der Waals surface area contributed by atoms with Gasteiger partial charge in [0.15, 0.2) is 0 Å². The SMILES string of the molecule is CCCCOc1ccc([C@](O)(CCCC)[C@H](CN2CCN(c3ccc(F)cc3)CC2)c2ccccc2)cc1. The summed E-state index contributed by atoms with van der Waals surface area (Å²) in [6.07, 6.45) is 4.82. The number of unbranched alkanes of at least 4 members (excludes halogenated alkanes) is 2. The van der Waals surface area contributed by atoms with Crippen molar-refractivity contribution >= 4 is 5.69 Å². The highest BCUT2D eigenvalue weighted by atomic mass is 19.1. The van der Waals surface area contributed by atoms with Crippen molar-refractivity contribution in [3.8, 4) is 5.75 Å². The van der Waals surface area contributed by atoms with Crippen LogP contribution in [0.5, 0.6) is 5.75 Å². The Labute approximate surface area is 228 Å². The highest BCUT2D eigenvalue weighted by Gasteiger charge is 2.40. The molecule has 0 aliphatic carbocycles. The molecule has 2 atom stereocenters. The molecule has 3 aromatic rings. The number of halogens is 1. The third-order valence-corrected chi connectivity index (χ3v) is 7.82. The molecule has 0 bridgehead atoms. The second kappa shape index (κ2) is 13.8. The minimum absolute atomic E-state index is 0.0699. The average Bonchev–Trinajstić information content (AvgIpc) is 2.96. The highest BCUT2D eigenvalue weighted by molar-refractivity contribution is 5.46. The zero-order chi connectivity index (χ0) is 26.8. The molecule has 0 aromatic heterocycles. The summed E-state index contributed by atoms with van der Waals surface area (Å²) in [5, 5.41) is 12.5. The number of hydrogen-bond acceptors (Lipinski definition) is 4. The Morgan fingerprint density at radius 2 is 1.50 bits per heavy atom. The maximum atomic E-state index is 13.4. The Morgan fingerprint density at radius 3 is 2.13 bits per heavy atom. The van der Waals surface area contributed by atoms with Gasteiger partial charge in [-0.25, -0.2) is 4.39 Å². The van der Waals surface area contributed by atoms with Crippen LogP contribution in [0, 0.1) is 5.82 Å². The van der Waals surface area contributed by atoms with Crippen LogP contribution in [0.4, 0.5) is 10.1 Å². The topological polar surface area (TPSA) is 35.9 Å². The second-order valence-corrected chi connectivity index (χ2v) is 10.5. The van der Waals surface area contributed by atoms with E-state index >= 15 is 0 Å². The van der Waals surface area contributed by atoms with Gasteiger partial charge in [0.05, 0.1) is 12.2 Å². The van der Waals surface area contributed by atoms with E-state index in [-0.39, 0.29) is 11.7 Å². The number of ether oxygens (including phenoxy) is 1. The summed E-state index contributed by atoms with van der Waals surface area (Å²) in [6, 6.07) is 25.4. The van der Waals surface area contributed by atoms with Crippen LogP contribution in [0.3, 0.4) is 0 Å². The molecular weight excluding hydrogens is 475 g/mol. The quantitative estimate of drug-likeness (QED) is 0.248. The van der Waals surface area contributed by atoms with Gasteiger partial charge in [-0.15, -0.1) is 0 Å². The first-order valence-electron chi connectivity index (χ1n) is 14.3. The van der Waals surface area contributed by atoms with Crippen LogP contribution < -0.4 is 9.64 Å². The first-order valence-corrected chi connectivity index (χ1v) is 14.3. The molecule has 1 aliphatic heterocycles. The van der Waals surface area contributed by atoms with Crippen LogP contribution in [0.25, 0.3) is 0 Å². The van der Waals surface area contributed by atoms with Gasteiger partial charge in [-0.05, 0) is 60.4 Å². The molecule has 0 radical (unpaired) electrons. The smallest absolute Gasteiger partial charge is 0.123 e. The lowest BCUT2D eigenvalue weighted by molar-refractivity contribution is -0.0153. The number of piperazine rings is 1. The van der Waals surface area contributed by atoms with E-state index in [9.17, 15) is 9.50 Å². The molecule has 1 N–H and O–H groups in total. The standard InChI is InChI=1S/C33H43FN2O2/c1-3-5-20-33(37,28-12-18-31(19-13-28)38-25-6-4-2)32(27-10-8-7-9-11-27)26-35-21-23-36(24-22-35)30-16-14-29(34)15-17-30/h7-19,32,37H,3-6,20-26H2,1-2H3/t32-,33-/m1/s1. The van der Waals surface area contributed by atoms with Crippen molar-refractivity contribution in [2.75, 3.05) is 44.2 Å². The molecule has 0 unspecified atom stereocenters. The first-order chi connectivity index (χ1) is 18.5. The molecule has 4 rings (SSSR count). The molecule has 204 valence electrons. The molecule has 0 spiro atoms. The zero-order valence-electron chi connectivity index (χ0n) is 23.0. The minimum atomic E-state index is -0.993. The van der Waals surface area contributed by atoms with E-state index in [0.29, 0.717) is 13.0 Å². The van der Waals surface area contributed by atoms with Crippen molar-refractivity contribution in [3.05, 3.63) is 95.8 Å². The molecule has 4 nitrogen and oxygen atoms in total. The van der Waals surface area contributed by atoms with Crippen LogP contribution in [-0.2, 0) is 5.60 Å². The summed E-state index contributed by atoms with van der Waals surface area (Å²) in [7, 11) is 0. The van der Waals surface area contributed by atoms with Crippen molar-refractivity contribution in [1.29, 1.82) is 0 Å². The fourth-order valence-electron chi connectivity index (χ4n) is 5.46. The maximum absolute atomic E-state index is 13.4. The number of rotatable bonds is 13. The molecule has 3 aromatic carbocycles. The van der Waals surface area contributed by atoms with Gasteiger partial charge in [-0.2, -0.15) is 0 Å². The summed E-state index contributed by atoms with van der Waals surface area (Å²) in [5.41, 5.74) is 2.18. The van der Waals surface area contributed by atoms with Crippen LogP contribution in [0.15, 0.2) is 78.9 Å². The average molecular weight is 519 g/mol. The van der Waals surface area contributed by atoms with Gasteiger partial charge in [-0.3, -0.25) is 4.90 Å². The van der Waals surface area contributed by atoms with E-state index in [1.807, 2.05) is 30.3 Å².